The first-order chi connectivity index (χ1) is 4.75. The van der Waals surface area contributed by atoms with Gasteiger partial charge < -0.3 is 5.32 Å². The van der Waals surface area contributed by atoms with Gasteiger partial charge in [0.2, 0.25) is 0 Å². The molecule has 1 amide bonds. The van der Waals surface area contributed by atoms with Crippen LogP contribution in [0.5, 0.6) is 0 Å². The fourth-order valence-electron chi connectivity index (χ4n) is 0.519. The van der Waals surface area contributed by atoms with Crippen LogP contribution in [0.2, 0.25) is 0 Å². The largest absolute Gasteiger partial charge is 0.340 e. The molecule has 1 aromatic rings. The monoisotopic (exact) mass is 158 g/mol. The minimum Gasteiger partial charge on any atom is -0.340 e. The van der Waals surface area contributed by atoms with Crippen molar-refractivity contribution in [1.82, 2.24) is 9.27 Å². The van der Waals surface area contributed by atoms with Gasteiger partial charge in [-0.3, -0.25) is 4.79 Å². The van der Waals surface area contributed by atoms with Gasteiger partial charge in [0.05, 0.1) is 0 Å². The molecular weight excluding hydrogens is 152 g/mol. The average molecular weight is 158 g/mol. The van der Waals surface area contributed by atoms with E-state index in [0.717, 1.165) is 15.5 Å². The van der Waals surface area contributed by atoms with Gasteiger partial charge in [-0.05, 0) is 0 Å². The summed E-state index contributed by atoms with van der Waals surface area (Å²) < 4.78 is 1.04. The Bertz CT molecular complexity index is 288. The van der Waals surface area contributed by atoms with Crippen molar-refractivity contribution in [2.75, 3.05) is 7.05 Å². The molecule has 0 radical (unpaired) electrons. The van der Waals surface area contributed by atoms with Crippen LogP contribution >= 0.6 is 11.5 Å². The first-order valence-electron chi connectivity index (χ1n) is 2.65. The Balaban J connectivity index is 3.05. The van der Waals surface area contributed by atoms with Gasteiger partial charge in [-0.2, -0.15) is 3.96 Å². The third-order valence-electron chi connectivity index (χ3n) is 0.975. The molecule has 0 aliphatic carbocycles. The summed E-state index contributed by atoms with van der Waals surface area (Å²) in [6.07, 6.45) is 0. The quantitative estimate of drug-likeness (QED) is 0.582. The number of carbonyl (C=O) groups is 1. The van der Waals surface area contributed by atoms with Gasteiger partial charge in [0.1, 0.15) is 0 Å². The van der Waals surface area contributed by atoms with Crippen molar-refractivity contribution in [3.63, 3.8) is 0 Å². The third kappa shape index (κ3) is 1.08. The van der Waals surface area contributed by atoms with Gasteiger partial charge in [0, 0.05) is 18.5 Å². The summed E-state index contributed by atoms with van der Waals surface area (Å²) in [7, 11) is 1.48. The molecule has 0 aromatic carbocycles. The van der Waals surface area contributed by atoms with Crippen LogP contribution in [0.4, 0.5) is 4.79 Å². The van der Waals surface area contributed by atoms with Crippen LogP contribution in [0.3, 0.4) is 0 Å². The number of hydrogen-bond acceptors (Lipinski definition) is 3. The van der Waals surface area contributed by atoms with Gasteiger partial charge in [0.25, 0.3) is 5.56 Å². The topological polar surface area (TPSA) is 51.1 Å². The Morgan fingerprint density at radius 2 is 2.50 bits per heavy atom. The summed E-state index contributed by atoms with van der Waals surface area (Å²) in [5, 5.41) is 3.91. The predicted octanol–water partition coefficient (Wildman–Crippen LogP) is 0.0973. The van der Waals surface area contributed by atoms with Crippen molar-refractivity contribution in [3.8, 4) is 0 Å². The highest BCUT2D eigenvalue weighted by Crippen LogP contribution is 1.90. The Kier molecular flexibility index (Phi) is 1.86. The highest BCUT2D eigenvalue weighted by atomic mass is 32.1. The minimum atomic E-state index is -0.389. The summed E-state index contributed by atoms with van der Waals surface area (Å²) in [4.78, 5) is 21.5. The highest BCUT2D eigenvalue weighted by molar-refractivity contribution is 7.05. The summed E-state index contributed by atoms with van der Waals surface area (Å²) in [6.45, 7) is 0. The summed E-state index contributed by atoms with van der Waals surface area (Å²) in [5.41, 5.74) is -0.288. The Morgan fingerprint density at radius 1 is 1.80 bits per heavy atom. The van der Waals surface area contributed by atoms with E-state index in [2.05, 4.69) is 5.32 Å². The smallest absolute Gasteiger partial charge is 0.337 e. The molecular formula is C5H6N2O2S. The summed E-state index contributed by atoms with van der Waals surface area (Å²) in [6, 6.07) is 0.958. The number of hydrogen-bond donors (Lipinski definition) is 1. The maximum atomic E-state index is 10.8. The van der Waals surface area contributed by atoms with Crippen LogP contribution in [0.15, 0.2) is 16.2 Å². The fourth-order valence-corrected chi connectivity index (χ4v) is 1.17. The Morgan fingerprint density at radius 3 is 2.90 bits per heavy atom. The molecule has 5 heteroatoms. The minimum absolute atomic E-state index is 0.288. The third-order valence-corrected chi connectivity index (χ3v) is 1.79. The number of amides is 1. The molecule has 1 heterocycles. The maximum Gasteiger partial charge on any atom is 0.337 e. The molecule has 0 saturated carbocycles. The summed E-state index contributed by atoms with van der Waals surface area (Å²) >= 11 is 1.07. The zero-order valence-corrected chi connectivity index (χ0v) is 6.14. The lowest BCUT2D eigenvalue weighted by Gasteiger charge is -1.94. The lowest BCUT2D eigenvalue weighted by atomic mass is 10.7. The van der Waals surface area contributed by atoms with E-state index in [0.29, 0.717) is 0 Å². The Hall–Kier alpha value is -1.10. The molecule has 4 nitrogen and oxygen atoms in total. The maximum absolute atomic E-state index is 10.8. The van der Waals surface area contributed by atoms with Crippen LogP contribution in [0, 0.1) is 0 Å². The normalized spacial score (nSPS) is 9.30. The molecule has 1 rings (SSSR count). The average Bonchev–Trinajstić information content (AvgIpc) is 2.34. The zero-order valence-electron chi connectivity index (χ0n) is 5.33. The number of nitrogens with one attached hydrogen (secondary N) is 1. The van der Waals surface area contributed by atoms with Crippen molar-refractivity contribution in [2.45, 2.75) is 0 Å². The van der Waals surface area contributed by atoms with Crippen molar-refractivity contribution in [1.29, 1.82) is 0 Å². The van der Waals surface area contributed by atoms with Gasteiger partial charge in [-0.15, -0.1) is 0 Å². The lowest BCUT2D eigenvalue weighted by molar-refractivity contribution is 0.246. The van der Waals surface area contributed by atoms with E-state index >= 15 is 0 Å². The van der Waals surface area contributed by atoms with Gasteiger partial charge in [-0.25, -0.2) is 4.79 Å². The summed E-state index contributed by atoms with van der Waals surface area (Å²) in [5.74, 6) is 0. The molecule has 1 aromatic heterocycles. The van der Waals surface area contributed by atoms with E-state index in [1.807, 2.05) is 0 Å². The molecule has 1 N–H and O–H groups in total. The van der Waals surface area contributed by atoms with Gasteiger partial charge in [0.15, 0.2) is 0 Å². The van der Waals surface area contributed by atoms with E-state index < -0.39 is 0 Å². The standard InChI is InChI=1S/C5H6N2O2S/c1-6-5(9)7-4(8)2-3-10-7/h2-3H,1H3,(H,6,9). The fraction of sp³-hybridized carbons (Fsp3) is 0.200. The predicted molar refractivity (Wildman–Crippen MR) is 38.4 cm³/mol. The SMILES string of the molecule is CNC(=O)n1sccc1=O. The highest BCUT2D eigenvalue weighted by Gasteiger charge is 2.02. The van der Waals surface area contributed by atoms with Crippen molar-refractivity contribution in [3.05, 3.63) is 21.8 Å². The number of rotatable bonds is 0. The Labute approximate surface area is 61.2 Å². The van der Waals surface area contributed by atoms with E-state index in [-0.39, 0.29) is 11.6 Å². The molecule has 0 fully saturated rings. The molecule has 0 saturated heterocycles. The zero-order chi connectivity index (χ0) is 7.56. The molecule has 10 heavy (non-hydrogen) atoms. The van der Waals surface area contributed by atoms with Crippen LogP contribution in [-0.2, 0) is 0 Å². The molecule has 0 bridgehead atoms. The second kappa shape index (κ2) is 2.66. The second-order valence-corrected chi connectivity index (χ2v) is 2.44. The van der Waals surface area contributed by atoms with Crippen molar-refractivity contribution < 1.29 is 4.79 Å². The molecule has 0 aliphatic rings. The second-order valence-electron chi connectivity index (χ2n) is 1.60. The van der Waals surface area contributed by atoms with E-state index in [4.69, 9.17) is 0 Å². The van der Waals surface area contributed by atoms with Crippen molar-refractivity contribution in [2.24, 2.45) is 0 Å². The molecule has 54 valence electrons. The van der Waals surface area contributed by atoms with Gasteiger partial charge in [-0.1, -0.05) is 11.5 Å². The van der Waals surface area contributed by atoms with E-state index in [1.165, 1.54) is 13.1 Å². The number of nitrogens with zero attached hydrogens (tertiary/aromatic N) is 1. The molecule has 0 spiro atoms. The van der Waals surface area contributed by atoms with Crippen LogP contribution < -0.4 is 10.9 Å². The van der Waals surface area contributed by atoms with Crippen molar-refractivity contribution >= 4 is 17.6 Å². The first kappa shape index (κ1) is 7.01. The van der Waals surface area contributed by atoms with Crippen LogP contribution in [0.25, 0.3) is 0 Å². The van der Waals surface area contributed by atoms with E-state index in [9.17, 15) is 9.59 Å². The number of aromatic nitrogens is 1. The van der Waals surface area contributed by atoms with Crippen LogP contribution in [-0.4, -0.2) is 17.0 Å². The molecule has 0 aliphatic heterocycles. The molecule has 0 unspecified atom stereocenters. The number of carbonyl (C=O) groups excluding carboxylic acids is 1. The molecule has 0 atom stereocenters. The van der Waals surface area contributed by atoms with Gasteiger partial charge >= 0.3 is 6.03 Å². The lowest BCUT2D eigenvalue weighted by Crippen LogP contribution is -2.29. The first-order valence-corrected chi connectivity index (χ1v) is 3.48. The van der Waals surface area contributed by atoms with E-state index in [1.54, 1.807) is 5.38 Å². The van der Waals surface area contributed by atoms with Crippen LogP contribution in [0.1, 0.15) is 0 Å².